The molecular weight excluding hydrogens is 581 g/mol. The zero-order valence-corrected chi connectivity index (χ0v) is 30.9. The predicted molar refractivity (Wildman–Crippen MR) is 210 cm³/mol. The SMILES string of the molecule is C/C=C(/C)C[C@@H]1CC(/C(=C/c2ccccc2)CC)CC(/C=C\CC)C=C1C1CCC/C(=N\NC2=CC=C(C3=CCC(CC)CC3)CC2)C1. The first-order chi connectivity index (χ1) is 23.5. The number of nitrogens with zero attached hydrogens (tertiary/aromatic N) is 1. The van der Waals surface area contributed by atoms with E-state index < -0.39 is 0 Å². The molecule has 2 nitrogen and oxygen atoms in total. The monoisotopic (exact) mass is 645 g/mol. The van der Waals surface area contributed by atoms with Gasteiger partial charge in [-0.05, 0) is 156 Å². The zero-order valence-electron chi connectivity index (χ0n) is 30.9. The normalized spacial score (nSPS) is 28.4. The highest BCUT2D eigenvalue weighted by molar-refractivity contribution is 5.85. The van der Waals surface area contributed by atoms with Gasteiger partial charge in [-0.3, -0.25) is 5.43 Å². The van der Waals surface area contributed by atoms with Crippen LogP contribution in [0.1, 0.15) is 136 Å². The predicted octanol–water partition coefficient (Wildman–Crippen LogP) is 13.2. The lowest BCUT2D eigenvalue weighted by Gasteiger charge is -2.32. The summed E-state index contributed by atoms with van der Waals surface area (Å²) in [5.41, 5.74) is 15.5. The molecule has 0 heterocycles. The van der Waals surface area contributed by atoms with E-state index in [1.165, 1.54) is 80.3 Å². The molecule has 5 atom stereocenters. The Morgan fingerprint density at radius 3 is 2.50 bits per heavy atom. The first-order valence-corrected chi connectivity index (χ1v) is 19.7. The minimum absolute atomic E-state index is 0.493. The summed E-state index contributed by atoms with van der Waals surface area (Å²) in [6.45, 7) is 11.5. The average molecular weight is 645 g/mol. The van der Waals surface area contributed by atoms with E-state index in [1.807, 2.05) is 0 Å². The number of nitrogens with one attached hydrogen (secondary N) is 1. The third-order valence-corrected chi connectivity index (χ3v) is 11.8. The van der Waals surface area contributed by atoms with Crippen molar-refractivity contribution in [3.8, 4) is 0 Å². The summed E-state index contributed by atoms with van der Waals surface area (Å²) < 4.78 is 0. The molecule has 0 saturated heterocycles. The number of hydrogen-bond donors (Lipinski definition) is 1. The zero-order chi connectivity index (χ0) is 33.7. The van der Waals surface area contributed by atoms with Gasteiger partial charge in [0, 0.05) is 11.4 Å². The molecule has 1 aromatic carbocycles. The molecule has 0 aliphatic heterocycles. The second-order valence-electron chi connectivity index (χ2n) is 15.1. The van der Waals surface area contributed by atoms with Crippen LogP contribution in [0, 0.1) is 29.6 Å². The van der Waals surface area contributed by atoms with Crippen LogP contribution < -0.4 is 5.43 Å². The lowest BCUT2D eigenvalue weighted by Crippen LogP contribution is -2.24. The van der Waals surface area contributed by atoms with Gasteiger partial charge in [-0.25, -0.2) is 0 Å². The second kappa shape index (κ2) is 18.6. The summed E-state index contributed by atoms with van der Waals surface area (Å²) in [5.74, 6) is 3.15. The van der Waals surface area contributed by atoms with E-state index in [2.05, 4.69) is 119 Å². The quantitative estimate of drug-likeness (QED) is 0.178. The van der Waals surface area contributed by atoms with Crippen LogP contribution in [0.3, 0.4) is 0 Å². The van der Waals surface area contributed by atoms with Crippen LogP contribution in [-0.2, 0) is 0 Å². The molecule has 1 N–H and O–H groups in total. The lowest BCUT2D eigenvalue weighted by atomic mass is 9.73. The minimum Gasteiger partial charge on any atom is -0.283 e. The maximum absolute atomic E-state index is 5.10. The van der Waals surface area contributed by atoms with Crippen LogP contribution in [0.2, 0.25) is 0 Å². The Kier molecular flexibility index (Phi) is 14.0. The molecule has 0 amide bonds. The number of hydrogen-bond acceptors (Lipinski definition) is 2. The highest BCUT2D eigenvalue weighted by atomic mass is 15.3. The summed E-state index contributed by atoms with van der Waals surface area (Å²) in [7, 11) is 0. The Hall–Kier alpha value is -3.13. The van der Waals surface area contributed by atoms with E-state index in [0.29, 0.717) is 23.7 Å². The Morgan fingerprint density at radius 2 is 1.81 bits per heavy atom. The highest BCUT2D eigenvalue weighted by Crippen LogP contribution is 2.45. The molecule has 4 aliphatic carbocycles. The van der Waals surface area contributed by atoms with Crippen molar-refractivity contribution in [1.29, 1.82) is 0 Å². The topological polar surface area (TPSA) is 24.4 Å². The minimum atomic E-state index is 0.493. The van der Waals surface area contributed by atoms with E-state index in [4.69, 9.17) is 5.10 Å². The van der Waals surface area contributed by atoms with Crippen LogP contribution in [0.5, 0.6) is 0 Å². The fourth-order valence-corrected chi connectivity index (χ4v) is 8.68. The standard InChI is InChI=1S/C46H64N2/c1-6-10-15-37-30-42(38(9-4)29-36-16-12-11-13-17-36)32-43(28-34(5)7-2)46(31-37)41-18-14-19-45(33-41)48-47-44-26-24-40(25-27-44)39-22-20-35(8-3)21-23-39/h7,10-13,15-17,22,24,26,29,31,35,37,41-43,47H,6,8-9,14,18-21,23,25,27-28,30,32-33H2,1-5H3/b15-10-,34-7-,38-29+,48-45+/t35?,37?,41?,42?,43-/m1/s1. The van der Waals surface area contributed by atoms with Gasteiger partial charge in [0.2, 0.25) is 0 Å². The van der Waals surface area contributed by atoms with Gasteiger partial charge in [0.1, 0.15) is 0 Å². The lowest BCUT2D eigenvalue weighted by molar-refractivity contribution is 0.387. The molecule has 0 radical (unpaired) electrons. The smallest absolute Gasteiger partial charge is 0.0388 e. The molecule has 48 heavy (non-hydrogen) atoms. The summed E-state index contributed by atoms with van der Waals surface area (Å²) in [4.78, 5) is 0. The van der Waals surface area contributed by atoms with E-state index in [9.17, 15) is 0 Å². The van der Waals surface area contributed by atoms with Crippen molar-refractivity contribution in [3.63, 3.8) is 0 Å². The highest BCUT2D eigenvalue weighted by Gasteiger charge is 2.33. The number of hydrazone groups is 1. The summed E-state index contributed by atoms with van der Waals surface area (Å²) >= 11 is 0. The van der Waals surface area contributed by atoms with Crippen LogP contribution in [0.4, 0.5) is 0 Å². The Bertz CT molecular complexity index is 1440. The van der Waals surface area contributed by atoms with Gasteiger partial charge in [-0.1, -0.05) is 117 Å². The third-order valence-electron chi connectivity index (χ3n) is 11.8. The second-order valence-corrected chi connectivity index (χ2v) is 15.1. The molecule has 1 saturated carbocycles. The first-order valence-electron chi connectivity index (χ1n) is 19.7. The summed E-state index contributed by atoms with van der Waals surface area (Å²) in [6.07, 6.45) is 37.7. The van der Waals surface area contributed by atoms with Gasteiger partial charge < -0.3 is 0 Å². The molecule has 258 valence electrons. The number of rotatable bonds is 12. The van der Waals surface area contributed by atoms with Crippen molar-refractivity contribution >= 4 is 11.8 Å². The largest absolute Gasteiger partial charge is 0.283 e. The number of allylic oxidation sites excluding steroid dienone is 13. The van der Waals surface area contributed by atoms with Crippen molar-refractivity contribution in [3.05, 3.63) is 112 Å². The average Bonchev–Trinajstić information content (AvgIpc) is 3.32. The van der Waals surface area contributed by atoms with Crippen molar-refractivity contribution in [1.82, 2.24) is 5.43 Å². The van der Waals surface area contributed by atoms with Crippen molar-refractivity contribution in [2.24, 2.45) is 34.7 Å². The van der Waals surface area contributed by atoms with Crippen LogP contribution in [0.15, 0.2) is 112 Å². The summed E-state index contributed by atoms with van der Waals surface area (Å²) in [6, 6.07) is 11.0. The van der Waals surface area contributed by atoms with Gasteiger partial charge in [-0.2, -0.15) is 5.10 Å². The maximum atomic E-state index is 5.10. The fourth-order valence-electron chi connectivity index (χ4n) is 8.68. The Balaban J connectivity index is 1.34. The van der Waals surface area contributed by atoms with Crippen LogP contribution in [-0.4, -0.2) is 5.71 Å². The molecule has 4 unspecified atom stereocenters. The van der Waals surface area contributed by atoms with Gasteiger partial charge in [0.05, 0.1) is 0 Å². The maximum Gasteiger partial charge on any atom is 0.0388 e. The molecule has 1 fully saturated rings. The van der Waals surface area contributed by atoms with Crippen LogP contribution in [0.25, 0.3) is 6.08 Å². The van der Waals surface area contributed by atoms with Gasteiger partial charge in [-0.15, -0.1) is 0 Å². The van der Waals surface area contributed by atoms with E-state index in [0.717, 1.165) is 44.4 Å². The molecule has 1 aromatic rings. The van der Waals surface area contributed by atoms with E-state index in [-0.39, 0.29) is 0 Å². The first kappa shape index (κ1) is 36.2. The molecule has 2 heteroatoms. The fraction of sp³-hybridized carbons (Fsp3) is 0.543. The Labute approximate surface area is 294 Å². The van der Waals surface area contributed by atoms with E-state index >= 15 is 0 Å². The van der Waals surface area contributed by atoms with Crippen molar-refractivity contribution < 1.29 is 0 Å². The van der Waals surface area contributed by atoms with E-state index in [1.54, 1.807) is 22.3 Å². The molecule has 4 aliphatic rings. The molecule has 0 aromatic heterocycles. The van der Waals surface area contributed by atoms with Gasteiger partial charge in [0.25, 0.3) is 0 Å². The summed E-state index contributed by atoms with van der Waals surface area (Å²) in [5, 5.41) is 5.10. The van der Waals surface area contributed by atoms with Gasteiger partial charge >= 0.3 is 0 Å². The molecule has 0 spiro atoms. The van der Waals surface area contributed by atoms with Crippen LogP contribution >= 0.6 is 0 Å². The van der Waals surface area contributed by atoms with Gasteiger partial charge in [0.15, 0.2) is 0 Å². The molecule has 0 bridgehead atoms. The number of benzene rings is 1. The molecule has 5 rings (SSSR count). The third kappa shape index (κ3) is 10.2. The Morgan fingerprint density at radius 1 is 0.958 bits per heavy atom. The molecular formula is C46H64N2. The van der Waals surface area contributed by atoms with Crippen molar-refractivity contribution in [2.75, 3.05) is 0 Å². The van der Waals surface area contributed by atoms with Crippen molar-refractivity contribution in [2.45, 2.75) is 131 Å².